The van der Waals surface area contributed by atoms with Crippen LogP contribution in [0.25, 0.3) is 0 Å². The van der Waals surface area contributed by atoms with Gasteiger partial charge in [0.15, 0.2) is 0 Å². The zero-order valence-corrected chi connectivity index (χ0v) is 11.1. The van der Waals surface area contributed by atoms with E-state index < -0.39 is 0 Å². The van der Waals surface area contributed by atoms with Crippen molar-refractivity contribution in [3.63, 3.8) is 0 Å². The van der Waals surface area contributed by atoms with E-state index in [1.54, 1.807) is 0 Å². The molecule has 0 bridgehead atoms. The minimum Gasteiger partial charge on any atom is -0.307 e. The molecule has 1 aromatic rings. The van der Waals surface area contributed by atoms with Crippen molar-refractivity contribution in [1.29, 1.82) is 0 Å². The largest absolute Gasteiger partial charge is 0.307 e. The SMILES string of the molecule is CCC(NC1CC1C)c1ccc(Cl)c(Cl)c1. The quantitative estimate of drug-likeness (QED) is 0.841. The first-order chi connectivity index (χ1) is 7.61. The second-order valence-electron chi connectivity index (χ2n) is 4.62. The smallest absolute Gasteiger partial charge is 0.0595 e. The number of nitrogens with one attached hydrogen (secondary N) is 1. The molecule has 16 heavy (non-hydrogen) atoms. The Morgan fingerprint density at radius 3 is 2.56 bits per heavy atom. The van der Waals surface area contributed by atoms with E-state index >= 15 is 0 Å². The fourth-order valence-electron chi connectivity index (χ4n) is 1.99. The minimum atomic E-state index is 0.393. The van der Waals surface area contributed by atoms with E-state index in [1.807, 2.05) is 12.1 Å². The van der Waals surface area contributed by atoms with Crippen molar-refractivity contribution in [1.82, 2.24) is 5.32 Å². The van der Waals surface area contributed by atoms with Gasteiger partial charge in [-0.05, 0) is 36.5 Å². The molecule has 1 nitrogen and oxygen atoms in total. The van der Waals surface area contributed by atoms with Crippen molar-refractivity contribution in [2.24, 2.45) is 5.92 Å². The molecule has 0 aromatic heterocycles. The van der Waals surface area contributed by atoms with Gasteiger partial charge in [-0.3, -0.25) is 0 Å². The van der Waals surface area contributed by atoms with Gasteiger partial charge in [0.1, 0.15) is 0 Å². The second kappa shape index (κ2) is 4.95. The zero-order chi connectivity index (χ0) is 11.7. The van der Waals surface area contributed by atoms with Crippen molar-refractivity contribution in [3.8, 4) is 0 Å². The van der Waals surface area contributed by atoms with E-state index in [9.17, 15) is 0 Å². The summed E-state index contributed by atoms with van der Waals surface area (Å²) in [5, 5.41) is 4.92. The monoisotopic (exact) mass is 257 g/mol. The molecule has 0 aliphatic heterocycles. The lowest BCUT2D eigenvalue weighted by Crippen LogP contribution is -2.23. The highest BCUT2D eigenvalue weighted by Gasteiger charge is 2.33. The van der Waals surface area contributed by atoms with Gasteiger partial charge in [-0.2, -0.15) is 0 Å². The van der Waals surface area contributed by atoms with Crippen LogP contribution < -0.4 is 5.32 Å². The van der Waals surface area contributed by atoms with Crippen molar-refractivity contribution in [2.75, 3.05) is 0 Å². The standard InChI is InChI=1S/C13H17Cl2N/c1-3-12(16-13-6-8(13)2)9-4-5-10(14)11(15)7-9/h4-5,7-8,12-13,16H,3,6H2,1-2H3. The zero-order valence-electron chi connectivity index (χ0n) is 9.63. The molecule has 0 amide bonds. The lowest BCUT2D eigenvalue weighted by molar-refractivity contribution is 0.503. The van der Waals surface area contributed by atoms with Crippen LogP contribution in [0.15, 0.2) is 18.2 Å². The molecule has 1 N–H and O–H groups in total. The summed E-state index contributed by atoms with van der Waals surface area (Å²) in [6.07, 6.45) is 2.36. The Hall–Kier alpha value is -0.240. The molecule has 1 saturated carbocycles. The van der Waals surface area contributed by atoms with Crippen LogP contribution in [0.3, 0.4) is 0 Å². The molecule has 88 valence electrons. The van der Waals surface area contributed by atoms with E-state index in [2.05, 4.69) is 25.2 Å². The first-order valence-electron chi connectivity index (χ1n) is 5.82. The van der Waals surface area contributed by atoms with Crippen LogP contribution in [0, 0.1) is 5.92 Å². The van der Waals surface area contributed by atoms with Gasteiger partial charge in [-0.15, -0.1) is 0 Å². The first kappa shape index (κ1) is 12.2. The lowest BCUT2D eigenvalue weighted by atomic mass is 10.0. The Labute approximate surface area is 107 Å². The predicted molar refractivity (Wildman–Crippen MR) is 70.2 cm³/mol. The summed E-state index contributed by atoms with van der Waals surface area (Å²) in [7, 11) is 0. The number of hydrogen-bond acceptors (Lipinski definition) is 1. The maximum absolute atomic E-state index is 6.04. The number of benzene rings is 1. The normalized spacial score (nSPS) is 25.5. The lowest BCUT2D eigenvalue weighted by Gasteiger charge is -2.18. The second-order valence-corrected chi connectivity index (χ2v) is 5.43. The Bertz CT molecular complexity index is 378. The van der Waals surface area contributed by atoms with Crippen molar-refractivity contribution in [2.45, 2.75) is 38.8 Å². The van der Waals surface area contributed by atoms with Gasteiger partial charge >= 0.3 is 0 Å². The molecule has 1 aliphatic carbocycles. The van der Waals surface area contributed by atoms with Crippen LogP contribution in [-0.4, -0.2) is 6.04 Å². The van der Waals surface area contributed by atoms with Crippen molar-refractivity contribution in [3.05, 3.63) is 33.8 Å². The van der Waals surface area contributed by atoms with Crippen molar-refractivity contribution < 1.29 is 0 Å². The number of halogens is 2. The van der Waals surface area contributed by atoms with Crippen LogP contribution in [0.5, 0.6) is 0 Å². The molecule has 2 rings (SSSR count). The molecule has 1 aliphatic rings. The highest BCUT2D eigenvalue weighted by molar-refractivity contribution is 6.42. The van der Waals surface area contributed by atoms with E-state index in [4.69, 9.17) is 23.2 Å². The van der Waals surface area contributed by atoms with E-state index in [0.717, 1.165) is 12.3 Å². The van der Waals surface area contributed by atoms with Gasteiger partial charge in [0.25, 0.3) is 0 Å². The molecule has 0 radical (unpaired) electrons. The summed E-state index contributed by atoms with van der Waals surface area (Å²) in [5.74, 6) is 0.817. The molecule has 3 unspecified atom stereocenters. The van der Waals surface area contributed by atoms with Crippen molar-refractivity contribution >= 4 is 23.2 Å². The average molecular weight is 258 g/mol. The molecule has 1 aromatic carbocycles. The van der Waals surface area contributed by atoms with Crippen LogP contribution >= 0.6 is 23.2 Å². The molecule has 3 atom stereocenters. The summed E-state index contributed by atoms with van der Waals surface area (Å²) >= 11 is 12.0. The van der Waals surface area contributed by atoms with Gasteiger partial charge in [0.2, 0.25) is 0 Å². The Kier molecular flexibility index (Phi) is 3.78. The molecular formula is C13H17Cl2N. The maximum atomic E-state index is 6.04. The average Bonchev–Trinajstić information content (AvgIpc) is 2.95. The highest BCUT2D eigenvalue weighted by Crippen LogP contribution is 2.33. The maximum Gasteiger partial charge on any atom is 0.0595 e. The number of hydrogen-bond donors (Lipinski definition) is 1. The van der Waals surface area contributed by atoms with E-state index in [-0.39, 0.29) is 0 Å². The van der Waals surface area contributed by atoms with Gasteiger partial charge in [-0.1, -0.05) is 43.1 Å². The summed E-state index contributed by atoms with van der Waals surface area (Å²) in [6, 6.07) is 6.98. The van der Waals surface area contributed by atoms with Crippen LogP contribution in [0.1, 0.15) is 38.3 Å². The predicted octanol–water partition coefficient (Wildman–Crippen LogP) is 4.44. The fourth-order valence-corrected chi connectivity index (χ4v) is 2.30. The van der Waals surface area contributed by atoms with Crippen LogP contribution in [0.2, 0.25) is 10.0 Å². The Balaban J connectivity index is 2.10. The summed E-state index contributed by atoms with van der Waals surface area (Å²) in [4.78, 5) is 0. The summed E-state index contributed by atoms with van der Waals surface area (Å²) < 4.78 is 0. The Morgan fingerprint density at radius 2 is 2.06 bits per heavy atom. The minimum absolute atomic E-state index is 0.393. The summed E-state index contributed by atoms with van der Waals surface area (Å²) in [5.41, 5.74) is 1.23. The molecule has 0 heterocycles. The van der Waals surface area contributed by atoms with Crippen LogP contribution in [-0.2, 0) is 0 Å². The van der Waals surface area contributed by atoms with Gasteiger partial charge in [-0.25, -0.2) is 0 Å². The fraction of sp³-hybridized carbons (Fsp3) is 0.538. The first-order valence-corrected chi connectivity index (χ1v) is 6.58. The molecule has 0 saturated heterocycles. The third kappa shape index (κ3) is 2.71. The topological polar surface area (TPSA) is 12.0 Å². The third-order valence-electron chi connectivity index (χ3n) is 3.28. The third-order valence-corrected chi connectivity index (χ3v) is 4.02. The number of rotatable bonds is 4. The molecule has 3 heteroatoms. The molecule has 0 spiro atoms. The molecular weight excluding hydrogens is 241 g/mol. The summed E-state index contributed by atoms with van der Waals surface area (Å²) in [6.45, 7) is 4.46. The van der Waals surface area contributed by atoms with Gasteiger partial charge in [0, 0.05) is 12.1 Å². The van der Waals surface area contributed by atoms with E-state index in [1.165, 1.54) is 12.0 Å². The van der Waals surface area contributed by atoms with Gasteiger partial charge < -0.3 is 5.32 Å². The molecule has 1 fully saturated rings. The Morgan fingerprint density at radius 1 is 1.38 bits per heavy atom. The van der Waals surface area contributed by atoms with Gasteiger partial charge in [0.05, 0.1) is 10.0 Å². The highest BCUT2D eigenvalue weighted by atomic mass is 35.5. The van der Waals surface area contributed by atoms with E-state index in [0.29, 0.717) is 22.1 Å². The van der Waals surface area contributed by atoms with Crippen LogP contribution in [0.4, 0.5) is 0 Å².